The number of rotatable bonds is 8. The van der Waals surface area contributed by atoms with Gasteiger partial charge in [0.25, 0.3) is 5.91 Å². The van der Waals surface area contributed by atoms with Crippen LogP contribution < -0.4 is 15.8 Å². The van der Waals surface area contributed by atoms with Gasteiger partial charge in [-0.2, -0.15) is 5.26 Å². The van der Waals surface area contributed by atoms with E-state index in [2.05, 4.69) is 21.4 Å². The smallest absolute Gasteiger partial charge is 0.264 e. The van der Waals surface area contributed by atoms with Crippen LogP contribution in [0.25, 0.3) is 11.1 Å². The van der Waals surface area contributed by atoms with Crippen LogP contribution in [0.4, 0.5) is 11.6 Å². The van der Waals surface area contributed by atoms with Crippen LogP contribution in [0.3, 0.4) is 0 Å². The molecular weight excluding hydrogens is 490 g/mol. The number of benzene rings is 2. The summed E-state index contributed by atoms with van der Waals surface area (Å²) in [5, 5.41) is 13.0. The number of likely N-dealkylation sites (tertiary alicyclic amines) is 1. The van der Waals surface area contributed by atoms with Crippen LogP contribution in [-0.4, -0.2) is 65.4 Å². The molecule has 1 aliphatic heterocycles. The Morgan fingerprint density at radius 3 is 2.59 bits per heavy atom. The fourth-order valence-electron chi connectivity index (χ4n) is 5.46. The second-order valence-electron chi connectivity index (χ2n) is 10.6. The minimum absolute atomic E-state index is 0.0740. The van der Waals surface area contributed by atoms with Crippen LogP contribution in [0.1, 0.15) is 19.3 Å². The molecule has 3 N–H and O–H groups in total. The fourth-order valence-corrected chi connectivity index (χ4v) is 5.46. The molecule has 2 aliphatic rings. The number of likely N-dealkylation sites (N-methyl/N-ethyl adjacent to an activating group) is 1. The lowest BCUT2D eigenvalue weighted by Gasteiger charge is -2.45. The number of hydrogen-bond donors (Lipinski definition) is 2. The summed E-state index contributed by atoms with van der Waals surface area (Å²) in [4.78, 5) is 25.4. The second kappa shape index (κ2) is 11.1. The van der Waals surface area contributed by atoms with Gasteiger partial charge in [0.2, 0.25) is 0 Å². The quantitative estimate of drug-likeness (QED) is 0.331. The summed E-state index contributed by atoms with van der Waals surface area (Å²) >= 11 is 0. The average Bonchev–Trinajstić information content (AvgIpc) is 3.36. The molecule has 2 heterocycles. The Kier molecular flexibility index (Phi) is 7.48. The number of carbonyl (C=O) groups excluding carboxylic acids is 1. The van der Waals surface area contributed by atoms with E-state index in [9.17, 15) is 10.1 Å². The zero-order chi connectivity index (χ0) is 27.4. The predicted octanol–water partition coefficient (Wildman–Crippen LogP) is 4.32. The van der Waals surface area contributed by atoms with Crippen molar-refractivity contribution < 1.29 is 9.53 Å². The molecule has 3 aromatic rings. The lowest BCUT2D eigenvalue weighted by atomic mass is 9.65. The highest BCUT2D eigenvalue weighted by atomic mass is 16.5. The van der Waals surface area contributed by atoms with E-state index in [1.165, 1.54) is 6.33 Å². The maximum absolute atomic E-state index is 12.9. The number of nitrogens with one attached hydrogen (secondary N) is 1. The van der Waals surface area contributed by atoms with Crippen molar-refractivity contribution in [3.63, 3.8) is 0 Å². The first-order valence-electron chi connectivity index (χ1n) is 13.1. The Morgan fingerprint density at radius 1 is 1.18 bits per heavy atom. The zero-order valence-corrected chi connectivity index (χ0v) is 22.3. The normalized spacial score (nSPS) is 20.5. The molecule has 1 saturated carbocycles. The number of hydrogen-bond acceptors (Lipinski definition) is 8. The van der Waals surface area contributed by atoms with Crippen LogP contribution in [0, 0.1) is 16.7 Å². The molecule has 0 unspecified atom stereocenters. The van der Waals surface area contributed by atoms with Crippen LogP contribution in [-0.2, 0) is 4.79 Å². The van der Waals surface area contributed by atoms with Crippen molar-refractivity contribution in [2.45, 2.75) is 25.3 Å². The number of anilines is 2. The molecule has 2 aromatic carbocycles. The molecule has 1 saturated heterocycles. The SMILES string of the molecule is CN(C)CC=C(C#N)C(=O)N1CCC2(CC(Nc3ncnc(N)c3-c3ccc(Oc4ccccc4)cc3)C2)C1. The first-order valence-corrected chi connectivity index (χ1v) is 13.1. The number of ether oxygens (including phenoxy) is 1. The molecule has 2 fully saturated rings. The highest BCUT2D eigenvalue weighted by Crippen LogP contribution is 2.50. The van der Waals surface area contributed by atoms with Gasteiger partial charge in [-0.15, -0.1) is 0 Å². The number of amides is 1. The monoisotopic (exact) mass is 523 g/mol. The van der Waals surface area contributed by atoms with Gasteiger partial charge in [-0.05, 0) is 74.7 Å². The summed E-state index contributed by atoms with van der Waals surface area (Å²) in [5.74, 6) is 2.44. The third-order valence-corrected chi connectivity index (χ3v) is 7.44. The van der Waals surface area contributed by atoms with E-state index in [4.69, 9.17) is 10.5 Å². The third-order valence-electron chi connectivity index (χ3n) is 7.44. The molecule has 1 spiro atoms. The van der Waals surface area contributed by atoms with Crippen LogP contribution in [0.2, 0.25) is 0 Å². The Balaban J connectivity index is 1.23. The maximum atomic E-state index is 12.9. The van der Waals surface area contributed by atoms with Crippen molar-refractivity contribution in [2.24, 2.45) is 5.41 Å². The molecule has 1 amide bonds. The maximum Gasteiger partial charge on any atom is 0.264 e. The molecule has 1 aromatic heterocycles. The summed E-state index contributed by atoms with van der Waals surface area (Å²) in [7, 11) is 3.82. The molecule has 0 bridgehead atoms. The lowest BCUT2D eigenvalue weighted by molar-refractivity contribution is -0.126. The Hall–Kier alpha value is -4.42. The molecular formula is C30H33N7O2. The second-order valence-corrected chi connectivity index (χ2v) is 10.6. The van der Waals surface area contributed by atoms with Crippen LogP contribution in [0.15, 0.2) is 72.6 Å². The van der Waals surface area contributed by atoms with Crippen molar-refractivity contribution in [3.8, 4) is 28.7 Å². The minimum atomic E-state index is -0.168. The van der Waals surface area contributed by atoms with Crippen molar-refractivity contribution in [3.05, 3.63) is 72.6 Å². The van der Waals surface area contributed by atoms with E-state index < -0.39 is 0 Å². The van der Waals surface area contributed by atoms with E-state index in [0.29, 0.717) is 31.3 Å². The van der Waals surface area contributed by atoms with Gasteiger partial charge in [0, 0.05) is 25.7 Å². The van der Waals surface area contributed by atoms with Crippen molar-refractivity contribution >= 4 is 17.5 Å². The lowest BCUT2D eigenvalue weighted by Crippen LogP contribution is -2.47. The molecule has 0 atom stereocenters. The number of carbonyl (C=O) groups is 1. The minimum Gasteiger partial charge on any atom is -0.457 e. The van der Waals surface area contributed by atoms with E-state index in [1.807, 2.05) is 78.5 Å². The van der Waals surface area contributed by atoms with Crippen LogP contribution >= 0.6 is 0 Å². The fraction of sp³-hybridized carbons (Fsp3) is 0.333. The Morgan fingerprint density at radius 2 is 1.90 bits per heavy atom. The van der Waals surface area contributed by atoms with Gasteiger partial charge in [0.1, 0.15) is 41.1 Å². The standard InChI is InChI=1S/C30H33N7O2/c1-36(2)14-12-22(18-31)29(38)37-15-13-30(19-37)16-23(17-30)35-28-26(27(32)33-20-34-28)21-8-10-25(11-9-21)39-24-6-4-3-5-7-24/h3-12,20,23H,13-17,19H2,1-2H3,(H3,32,33,34,35). The molecule has 0 radical (unpaired) electrons. The van der Waals surface area contributed by atoms with Gasteiger partial charge in [-0.25, -0.2) is 9.97 Å². The number of nitrogens with two attached hydrogens (primary N) is 1. The zero-order valence-electron chi connectivity index (χ0n) is 22.3. The number of para-hydroxylation sites is 1. The Bertz CT molecular complexity index is 1390. The van der Waals surface area contributed by atoms with Crippen LogP contribution in [0.5, 0.6) is 11.5 Å². The summed E-state index contributed by atoms with van der Waals surface area (Å²) in [5.41, 5.74) is 8.25. The van der Waals surface area contributed by atoms with E-state index in [1.54, 1.807) is 6.08 Å². The van der Waals surface area contributed by atoms with Gasteiger partial charge in [-0.3, -0.25) is 4.79 Å². The molecule has 39 heavy (non-hydrogen) atoms. The van der Waals surface area contributed by atoms with Gasteiger partial charge in [0.05, 0.1) is 5.56 Å². The molecule has 200 valence electrons. The van der Waals surface area contributed by atoms with E-state index in [-0.39, 0.29) is 22.9 Å². The molecule has 1 aliphatic carbocycles. The third kappa shape index (κ3) is 5.86. The Labute approximate surface area is 228 Å². The molecule has 9 nitrogen and oxygen atoms in total. The number of nitrogen functional groups attached to an aromatic ring is 1. The van der Waals surface area contributed by atoms with Gasteiger partial charge in [0.15, 0.2) is 0 Å². The molecule has 5 rings (SSSR count). The summed E-state index contributed by atoms with van der Waals surface area (Å²) < 4.78 is 5.92. The van der Waals surface area contributed by atoms with Gasteiger partial charge >= 0.3 is 0 Å². The first kappa shape index (κ1) is 26.2. The first-order chi connectivity index (χ1) is 18.9. The highest BCUT2D eigenvalue weighted by Gasteiger charge is 2.49. The number of nitrogens with zero attached hydrogens (tertiary/aromatic N) is 5. The van der Waals surface area contributed by atoms with Crippen molar-refractivity contribution in [1.29, 1.82) is 5.26 Å². The van der Waals surface area contributed by atoms with E-state index >= 15 is 0 Å². The van der Waals surface area contributed by atoms with Gasteiger partial charge in [-0.1, -0.05) is 30.3 Å². The topological polar surface area (TPSA) is 120 Å². The largest absolute Gasteiger partial charge is 0.457 e. The highest BCUT2D eigenvalue weighted by molar-refractivity contribution is 5.97. The average molecular weight is 524 g/mol. The van der Waals surface area contributed by atoms with Crippen molar-refractivity contribution in [2.75, 3.05) is 44.8 Å². The van der Waals surface area contributed by atoms with Gasteiger partial charge < -0.3 is 25.6 Å². The summed E-state index contributed by atoms with van der Waals surface area (Å²) in [6.07, 6.45) is 5.97. The number of nitriles is 1. The molecule has 9 heteroatoms. The predicted molar refractivity (Wildman–Crippen MR) is 151 cm³/mol. The van der Waals surface area contributed by atoms with Crippen molar-refractivity contribution in [1.82, 2.24) is 19.8 Å². The summed E-state index contributed by atoms with van der Waals surface area (Å²) in [6.45, 7) is 1.91. The van der Waals surface area contributed by atoms with E-state index in [0.717, 1.165) is 41.9 Å². The number of aromatic nitrogens is 2. The summed E-state index contributed by atoms with van der Waals surface area (Å²) in [6, 6.07) is 19.7.